The molecule has 1 aromatic carbocycles. The van der Waals surface area contributed by atoms with E-state index in [0.29, 0.717) is 17.9 Å². The first-order valence-electron chi connectivity index (χ1n) is 5.41. The standard InChI is InChI=1S/C12H18N2O2S/c1-9(8-17(2)16)14-12(15)7-10-4-3-5-11(13)6-10/h3-6,9H,7-8,13H2,1-2H3,(H,14,15). The zero-order chi connectivity index (χ0) is 12.8. The summed E-state index contributed by atoms with van der Waals surface area (Å²) in [5.41, 5.74) is 7.16. The van der Waals surface area contributed by atoms with Gasteiger partial charge in [-0.15, -0.1) is 0 Å². The van der Waals surface area contributed by atoms with Crippen LogP contribution >= 0.6 is 0 Å². The summed E-state index contributed by atoms with van der Waals surface area (Å²) in [5.74, 6) is 0.399. The van der Waals surface area contributed by atoms with Crippen molar-refractivity contribution >= 4 is 22.4 Å². The molecule has 94 valence electrons. The Labute approximate surface area is 104 Å². The number of hydrogen-bond acceptors (Lipinski definition) is 3. The van der Waals surface area contributed by atoms with Crippen LogP contribution in [0.3, 0.4) is 0 Å². The van der Waals surface area contributed by atoms with Gasteiger partial charge >= 0.3 is 0 Å². The van der Waals surface area contributed by atoms with Crippen molar-refractivity contribution in [2.75, 3.05) is 17.7 Å². The predicted octanol–water partition coefficient (Wildman–Crippen LogP) is 0.694. The second-order valence-corrected chi connectivity index (χ2v) is 5.61. The lowest BCUT2D eigenvalue weighted by Crippen LogP contribution is -2.37. The number of anilines is 1. The maximum atomic E-state index is 11.7. The van der Waals surface area contributed by atoms with E-state index in [-0.39, 0.29) is 11.9 Å². The first kappa shape index (κ1) is 13.7. The van der Waals surface area contributed by atoms with Crippen LogP contribution in [0.15, 0.2) is 24.3 Å². The van der Waals surface area contributed by atoms with Gasteiger partial charge in [0.2, 0.25) is 5.91 Å². The third-order valence-electron chi connectivity index (χ3n) is 2.21. The molecule has 0 aromatic heterocycles. The Balaban J connectivity index is 2.47. The van der Waals surface area contributed by atoms with Crippen LogP contribution in [0.4, 0.5) is 5.69 Å². The fraction of sp³-hybridized carbons (Fsp3) is 0.417. The molecule has 17 heavy (non-hydrogen) atoms. The van der Waals surface area contributed by atoms with Gasteiger partial charge in [-0.2, -0.15) is 0 Å². The molecule has 0 aliphatic heterocycles. The van der Waals surface area contributed by atoms with Gasteiger partial charge in [0.05, 0.1) is 6.42 Å². The molecule has 1 amide bonds. The maximum absolute atomic E-state index is 11.7. The third-order valence-corrected chi connectivity index (χ3v) is 3.18. The van der Waals surface area contributed by atoms with Gasteiger partial charge in [0.15, 0.2) is 0 Å². The van der Waals surface area contributed by atoms with Crippen molar-refractivity contribution in [2.45, 2.75) is 19.4 Å². The van der Waals surface area contributed by atoms with E-state index in [4.69, 9.17) is 5.73 Å². The largest absolute Gasteiger partial charge is 0.399 e. The average Bonchev–Trinajstić information content (AvgIpc) is 2.14. The van der Waals surface area contributed by atoms with Gasteiger partial charge in [0.1, 0.15) is 0 Å². The number of carbonyl (C=O) groups excluding carboxylic acids is 1. The van der Waals surface area contributed by atoms with Crippen LogP contribution in [0, 0.1) is 0 Å². The van der Waals surface area contributed by atoms with E-state index in [1.165, 1.54) is 0 Å². The molecule has 0 heterocycles. The second kappa shape index (κ2) is 6.39. The van der Waals surface area contributed by atoms with Crippen LogP contribution in [0.1, 0.15) is 12.5 Å². The van der Waals surface area contributed by atoms with Crippen molar-refractivity contribution in [1.29, 1.82) is 0 Å². The van der Waals surface area contributed by atoms with Gasteiger partial charge in [-0.1, -0.05) is 12.1 Å². The first-order chi connectivity index (χ1) is 7.97. The van der Waals surface area contributed by atoms with Crippen LogP contribution in [0.5, 0.6) is 0 Å². The van der Waals surface area contributed by atoms with E-state index in [2.05, 4.69) is 5.32 Å². The molecule has 0 aliphatic carbocycles. The normalized spacial score (nSPS) is 14.0. The number of hydrogen-bond donors (Lipinski definition) is 2. The Kier molecular flexibility index (Phi) is 5.15. The van der Waals surface area contributed by atoms with Crippen molar-refractivity contribution in [3.63, 3.8) is 0 Å². The van der Waals surface area contributed by atoms with Gasteiger partial charge in [0, 0.05) is 34.5 Å². The van der Waals surface area contributed by atoms with Gasteiger partial charge < -0.3 is 11.1 Å². The molecule has 0 spiro atoms. The molecule has 2 unspecified atom stereocenters. The molecule has 3 N–H and O–H groups in total. The highest BCUT2D eigenvalue weighted by atomic mass is 32.2. The summed E-state index contributed by atoms with van der Waals surface area (Å²) in [4.78, 5) is 11.7. The first-order valence-corrected chi connectivity index (χ1v) is 7.14. The molecule has 4 nitrogen and oxygen atoms in total. The van der Waals surface area contributed by atoms with E-state index in [9.17, 15) is 9.00 Å². The van der Waals surface area contributed by atoms with Crippen molar-refractivity contribution in [1.82, 2.24) is 5.32 Å². The molecule has 0 aliphatic rings. The number of nitrogens with two attached hydrogens (primary N) is 1. The SMILES string of the molecule is CC(CS(C)=O)NC(=O)Cc1cccc(N)c1. The third kappa shape index (κ3) is 5.49. The van der Waals surface area contributed by atoms with Gasteiger partial charge in [-0.3, -0.25) is 9.00 Å². The molecule has 5 heteroatoms. The number of nitrogen functional groups attached to an aromatic ring is 1. The van der Waals surface area contributed by atoms with E-state index in [1.807, 2.05) is 19.1 Å². The minimum absolute atomic E-state index is 0.0746. The Bertz CT molecular complexity index is 421. The fourth-order valence-corrected chi connectivity index (χ4v) is 2.40. The van der Waals surface area contributed by atoms with E-state index in [0.717, 1.165) is 5.56 Å². The van der Waals surface area contributed by atoms with Crippen LogP contribution in [0.25, 0.3) is 0 Å². The quantitative estimate of drug-likeness (QED) is 0.760. The highest BCUT2D eigenvalue weighted by Crippen LogP contribution is 2.07. The summed E-state index contributed by atoms with van der Waals surface area (Å²) in [6, 6.07) is 7.17. The van der Waals surface area contributed by atoms with E-state index in [1.54, 1.807) is 18.4 Å². The molecular weight excluding hydrogens is 236 g/mol. The number of rotatable bonds is 5. The summed E-state index contributed by atoms with van der Waals surface area (Å²) in [6.45, 7) is 1.85. The number of nitrogens with one attached hydrogen (secondary N) is 1. The summed E-state index contributed by atoms with van der Waals surface area (Å²) < 4.78 is 11.0. The summed E-state index contributed by atoms with van der Waals surface area (Å²) in [5, 5.41) is 2.81. The Morgan fingerprint density at radius 2 is 2.24 bits per heavy atom. The molecule has 0 saturated carbocycles. The summed E-state index contributed by atoms with van der Waals surface area (Å²) in [6.07, 6.45) is 1.92. The minimum atomic E-state index is -0.897. The molecule has 0 saturated heterocycles. The Hall–Kier alpha value is -1.36. The van der Waals surface area contributed by atoms with Crippen molar-refractivity contribution in [3.05, 3.63) is 29.8 Å². The zero-order valence-electron chi connectivity index (χ0n) is 10.1. The van der Waals surface area contributed by atoms with Crippen LogP contribution in [-0.2, 0) is 22.0 Å². The minimum Gasteiger partial charge on any atom is -0.399 e. The van der Waals surface area contributed by atoms with E-state index < -0.39 is 10.8 Å². The summed E-state index contributed by atoms with van der Waals surface area (Å²) >= 11 is 0. The topological polar surface area (TPSA) is 72.2 Å². The van der Waals surface area contributed by atoms with Gasteiger partial charge in [-0.25, -0.2) is 0 Å². The Morgan fingerprint density at radius 1 is 1.53 bits per heavy atom. The van der Waals surface area contributed by atoms with Crippen molar-refractivity contribution in [2.24, 2.45) is 0 Å². The number of carbonyl (C=O) groups is 1. The van der Waals surface area contributed by atoms with Gasteiger partial charge in [-0.05, 0) is 24.6 Å². The predicted molar refractivity (Wildman–Crippen MR) is 71.1 cm³/mol. The highest BCUT2D eigenvalue weighted by molar-refractivity contribution is 7.84. The van der Waals surface area contributed by atoms with Gasteiger partial charge in [0.25, 0.3) is 0 Å². The summed E-state index contributed by atoms with van der Waals surface area (Å²) in [7, 11) is -0.897. The molecule has 1 rings (SSSR count). The molecular formula is C12H18N2O2S. The average molecular weight is 254 g/mol. The lowest BCUT2D eigenvalue weighted by atomic mass is 10.1. The smallest absolute Gasteiger partial charge is 0.224 e. The monoisotopic (exact) mass is 254 g/mol. The number of amides is 1. The fourth-order valence-electron chi connectivity index (χ4n) is 1.61. The molecule has 0 radical (unpaired) electrons. The molecule has 2 atom stereocenters. The molecule has 0 bridgehead atoms. The highest BCUT2D eigenvalue weighted by Gasteiger charge is 2.09. The number of benzene rings is 1. The zero-order valence-corrected chi connectivity index (χ0v) is 10.9. The van der Waals surface area contributed by atoms with Crippen molar-refractivity contribution in [3.8, 4) is 0 Å². The van der Waals surface area contributed by atoms with Crippen LogP contribution in [0.2, 0.25) is 0 Å². The molecule has 1 aromatic rings. The van der Waals surface area contributed by atoms with Crippen LogP contribution < -0.4 is 11.1 Å². The van der Waals surface area contributed by atoms with Crippen LogP contribution in [-0.4, -0.2) is 28.2 Å². The van der Waals surface area contributed by atoms with E-state index >= 15 is 0 Å². The maximum Gasteiger partial charge on any atom is 0.224 e. The lowest BCUT2D eigenvalue weighted by Gasteiger charge is -2.12. The Morgan fingerprint density at radius 3 is 2.82 bits per heavy atom. The van der Waals surface area contributed by atoms with Crippen molar-refractivity contribution < 1.29 is 9.00 Å². The molecule has 0 fully saturated rings. The lowest BCUT2D eigenvalue weighted by molar-refractivity contribution is -0.120. The second-order valence-electron chi connectivity index (χ2n) is 4.13.